The number of ether oxygens (including phenoxy) is 1. The van der Waals surface area contributed by atoms with Gasteiger partial charge >= 0.3 is 6.36 Å². The van der Waals surface area contributed by atoms with E-state index in [4.69, 9.17) is 11.6 Å². The first-order valence-electron chi connectivity index (χ1n) is 8.02. The molecule has 0 radical (unpaired) electrons. The van der Waals surface area contributed by atoms with E-state index >= 15 is 0 Å². The summed E-state index contributed by atoms with van der Waals surface area (Å²) in [4.78, 5) is 1.47. The van der Waals surface area contributed by atoms with Crippen LogP contribution in [0.4, 0.5) is 18.9 Å². The van der Waals surface area contributed by atoms with E-state index in [0.717, 1.165) is 22.1 Å². The van der Waals surface area contributed by atoms with E-state index in [-0.39, 0.29) is 13.1 Å². The van der Waals surface area contributed by atoms with Crippen LogP contribution in [0.3, 0.4) is 0 Å². The molecule has 0 amide bonds. The summed E-state index contributed by atoms with van der Waals surface area (Å²) in [6.45, 7) is 1.05. The number of piperazine rings is 1. The Labute approximate surface area is 160 Å². The highest BCUT2D eigenvalue weighted by Crippen LogP contribution is 2.32. The molecule has 1 heterocycles. The number of halogens is 4. The van der Waals surface area contributed by atoms with Crippen LogP contribution in [0, 0.1) is 0 Å². The van der Waals surface area contributed by atoms with E-state index in [1.54, 1.807) is 18.2 Å². The number of hydrogen-bond donors (Lipinski definition) is 0. The summed E-state index contributed by atoms with van der Waals surface area (Å²) in [6, 6.07) is 11.9. The van der Waals surface area contributed by atoms with E-state index < -0.39 is 27.0 Å². The molecule has 0 aliphatic carbocycles. The predicted octanol–water partition coefficient (Wildman–Crippen LogP) is 3.75. The van der Waals surface area contributed by atoms with Gasteiger partial charge in [-0.2, -0.15) is 4.31 Å². The van der Waals surface area contributed by atoms with E-state index in [2.05, 4.69) is 4.74 Å². The Bertz CT molecular complexity index is 914. The third kappa shape index (κ3) is 4.66. The lowest BCUT2D eigenvalue weighted by Gasteiger charge is -2.35. The Morgan fingerprint density at radius 3 is 2.26 bits per heavy atom. The second-order valence-electron chi connectivity index (χ2n) is 5.87. The number of sulfonamides is 1. The Kier molecular flexibility index (Phi) is 5.55. The standard InChI is InChI=1S/C17H16ClF3N2O3S/c18-13-4-3-5-14(12-13)22-8-10-23(11-9-22)27(24,25)16-7-2-1-6-15(16)26-17(19,20)21/h1-7,12H,8-11H2. The van der Waals surface area contributed by atoms with Crippen molar-refractivity contribution in [2.75, 3.05) is 31.1 Å². The average molecular weight is 421 g/mol. The largest absolute Gasteiger partial charge is 0.573 e. The fourth-order valence-electron chi connectivity index (χ4n) is 2.87. The van der Waals surface area contributed by atoms with Gasteiger partial charge in [-0.1, -0.05) is 29.8 Å². The lowest BCUT2D eigenvalue weighted by molar-refractivity contribution is -0.275. The quantitative estimate of drug-likeness (QED) is 0.756. The highest BCUT2D eigenvalue weighted by atomic mass is 35.5. The first kappa shape index (κ1) is 19.8. The maximum atomic E-state index is 12.8. The van der Waals surface area contributed by atoms with Gasteiger partial charge in [-0.05, 0) is 30.3 Å². The van der Waals surface area contributed by atoms with Gasteiger partial charge in [0, 0.05) is 36.9 Å². The van der Waals surface area contributed by atoms with Gasteiger partial charge in [0.1, 0.15) is 10.6 Å². The molecular formula is C17H16ClF3N2O3S. The second-order valence-corrected chi connectivity index (χ2v) is 8.21. The van der Waals surface area contributed by atoms with Crippen LogP contribution < -0.4 is 9.64 Å². The summed E-state index contributed by atoms with van der Waals surface area (Å²) >= 11 is 5.98. The minimum atomic E-state index is -4.98. The van der Waals surface area contributed by atoms with Crippen molar-refractivity contribution in [1.29, 1.82) is 0 Å². The third-order valence-electron chi connectivity index (χ3n) is 4.10. The molecule has 1 fully saturated rings. The van der Waals surface area contributed by atoms with E-state index in [1.165, 1.54) is 12.1 Å². The number of rotatable bonds is 4. The van der Waals surface area contributed by atoms with Gasteiger partial charge in [-0.25, -0.2) is 8.42 Å². The van der Waals surface area contributed by atoms with Gasteiger partial charge in [0.25, 0.3) is 0 Å². The fraction of sp³-hybridized carbons (Fsp3) is 0.294. The van der Waals surface area contributed by atoms with Crippen molar-refractivity contribution < 1.29 is 26.3 Å². The summed E-state index contributed by atoms with van der Waals surface area (Å²) in [7, 11) is -4.12. The molecule has 0 spiro atoms. The minimum Gasteiger partial charge on any atom is -0.404 e. The number of alkyl halides is 3. The smallest absolute Gasteiger partial charge is 0.404 e. The van der Waals surface area contributed by atoms with Crippen molar-refractivity contribution in [2.24, 2.45) is 0 Å². The van der Waals surface area contributed by atoms with Gasteiger partial charge < -0.3 is 9.64 Å². The molecule has 27 heavy (non-hydrogen) atoms. The van der Waals surface area contributed by atoms with Crippen LogP contribution in [0.5, 0.6) is 5.75 Å². The molecule has 0 aromatic heterocycles. The summed E-state index contributed by atoms with van der Waals surface area (Å²) in [5.41, 5.74) is 0.861. The second kappa shape index (κ2) is 7.57. The normalized spacial score (nSPS) is 16.4. The first-order chi connectivity index (χ1) is 12.7. The summed E-state index contributed by atoms with van der Waals surface area (Å²) < 4.78 is 68.4. The zero-order chi connectivity index (χ0) is 19.7. The fourth-order valence-corrected chi connectivity index (χ4v) is 4.59. The SMILES string of the molecule is O=S(=O)(c1ccccc1OC(F)(F)F)N1CCN(c2cccc(Cl)c2)CC1. The molecule has 0 atom stereocenters. The number of hydrogen-bond acceptors (Lipinski definition) is 4. The Hall–Kier alpha value is -1.97. The molecule has 2 aromatic carbocycles. The average Bonchev–Trinajstić information content (AvgIpc) is 2.61. The van der Waals surface area contributed by atoms with Crippen molar-refractivity contribution in [3.8, 4) is 5.75 Å². The molecule has 3 rings (SSSR count). The summed E-state index contributed by atoms with van der Waals surface area (Å²) in [6.07, 6.45) is -4.98. The number of nitrogens with zero attached hydrogens (tertiary/aromatic N) is 2. The highest BCUT2D eigenvalue weighted by Gasteiger charge is 2.36. The van der Waals surface area contributed by atoms with Crippen LogP contribution in [0.2, 0.25) is 5.02 Å². The summed E-state index contributed by atoms with van der Waals surface area (Å²) in [5, 5.41) is 0.570. The van der Waals surface area contributed by atoms with Crippen LogP contribution in [0.15, 0.2) is 53.4 Å². The van der Waals surface area contributed by atoms with Crippen molar-refractivity contribution in [1.82, 2.24) is 4.31 Å². The van der Waals surface area contributed by atoms with E-state index in [0.29, 0.717) is 18.1 Å². The lowest BCUT2D eigenvalue weighted by atomic mass is 10.2. The minimum absolute atomic E-state index is 0.134. The Morgan fingerprint density at radius 2 is 1.63 bits per heavy atom. The van der Waals surface area contributed by atoms with E-state index in [9.17, 15) is 21.6 Å². The molecule has 1 saturated heterocycles. The van der Waals surface area contributed by atoms with Crippen LogP contribution >= 0.6 is 11.6 Å². The predicted molar refractivity (Wildman–Crippen MR) is 95.5 cm³/mol. The molecule has 146 valence electrons. The summed E-state index contributed by atoms with van der Waals surface area (Å²) in [5.74, 6) is -0.734. The topological polar surface area (TPSA) is 49.9 Å². The third-order valence-corrected chi connectivity index (χ3v) is 6.28. The molecule has 0 N–H and O–H groups in total. The highest BCUT2D eigenvalue weighted by molar-refractivity contribution is 7.89. The molecule has 5 nitrogen and oxygen atoms in total. The van der Waals surface area contributed by atoms with E-state index in [1.807, 2.05) is 11.0 Å². The monoisotopic (exact) mass is 420 g/mol. The molecule has 10 heteroatoms. The number of benzene rings is 2. The molecular weight excluding hydrogens is 405 g/mol. The van der Waals surface area contributed by atoms with Crippen LogP contribution in [-0.2, 0) is 10.0 Å². The van der Waals surface area contributed by atoms with Crippen LogP contribution in [0.25, 0.3) is 0 Å². The number of anilines is 1. The van der Waals surface area contributed by atoms with Crippen LogP contribution in [-0.4, -0.2) is 45.3 Å². The molecule has 0 bridgehead atoms. The Morgan fingerprint density at radius 1 is 0.963 bits per heavy atom. The molecule has 1 aliphatic heterocycles. The molecule has 0 saturated carbocycles. The van der Waals surface area contributed by atoms with Crippen molar-refractivity contribution >= 4 is 27.3 Å². The van der Waals surface area contributed by atoms with Crippen molar-refractivity contribution in [3.63, 3.8) is 0 Å². The van der Waals surface area contributed by atoms with Crippen molar-refractivity contribution in [2.45, 2.75) is 11.3 Å². The lowest BCUT2D eigenvalue weighted by Crippen LogP contribution is -2.48. The maximum Gasteiger partial charge on any atom is 0.573 e. The van der Waals surface area contributed by atoms with Gasteiger partial charge in [-0.15, -0.1) is 13.2 Å². The van der Waals surface area contributed by atoms with Crippen molar-refractivity contribution in [3.05, 3.63) is 53.6 Å². The Balaban J connectivity index is 1.78. The molecule has 0 unspecified atom stereocenters. The maximum absolute atomic E-state index is 12.8. The first-order valence-corrected chi connectivity index (χ1v) is 9.84. The molecule has 1 aliphatic rings. The van der Waals surface area contributed by atoms with Gasteiger partial charge in [0.05, 0.1) is 0 Å². The number of para-hydroxylation sites is 1. The van der Waals surface area contributed by atoms with Gasteiger partial charge in [-0.3, -0.25) is 0 Å². The van der Waals surface area contributed by atoms with Crippen LogP contribution in [0.1, 0.15) is 0 Å². The zero-order valence-corrected chi connectivity index (χ0v) is 15.6. The molecule has 2 aromatic rings. The van der Waals surface area contributed by atoms with Gasteiger partial charge in [0.2, 0.25) is 10.0 Å². The van der Waals surface area contributed by atoms with Gasteiger partial charge in [0.15, 0.2) is 0 Å². The zero-order valence-electron chi connectivity index (χ0n) is 14.0.